The lowest BCUT2D eigenvalue weighted by atomic mass is 10.2. The van der Waals surface area contributed by atoms with Crippen molar-refractivity contribution in [2.45, 2.75) is 6.92 Å². The molecule has 0 aliphatic carbocycles. The normalized spacial score (nSPS) is 14.7. The zero-order valence-corrected chi connectivity index (χ0v) is 13.3. The number of urea groups is 1. The number of nitrogens with one attached hydrogen (secondary N) is 1. The zero-order valence-electron chi connectivity index (χ0n) is 13.3. The third kappa shape index (κ3) is 3.56. The third-order valence-corrected chi connectivity index (χ3v) is 3.87. The first-order chi connectivity index (χ1) is 11.2. The molecule has 1 aromatic heterocycles. The highest BCUT2D eigenvalue weighted by Crippen LogP contribution is 2.20. The van der Waals surface area contributed by atoms with Crippen molar-refractivity contribution in [1.29, 1.82) is 0 Å². The number of carbonyl (C=O) groups excluding carboxylic acids is 1. The molecule has 1 aliphatic heterocycles. The quantitative estimate of drug-likeness (QED) is 0.941. The van der Waals surface area contributed by atoms with Gasteiger partial charge in [0.2, 0.25) is 0 Å². The van der Waals surface area contributed by atoms with Gasteiger partial charge in [-0.3, -0.25) is 5.32 Å². The summed E-state index contributed by atoms with van der Waals surface area (Å²) >= 11 is 0. The van der Waals surface area contributed by atoms with E-state index in [2.05, 4.69) is 15.4 Å². The van der Waals surface area contributed by atoms with Gasteiger partial charge in [-0.15, -0.1) is 0 Å². The average Bonchev–Trinajstić information content (AvgIpc) is 3.00. The Morgan fingerprint density at radius 3 is 2.48 bits per heavy atom. The van der Waals surface area contributed by atoms with Crippen molar-refractivity contribution in [1.82, 2.24) is 10.1 Å². The van der Waals surface area contributed by atoms with Crippen molar-refractivity contribution < 1.29 is 14.1 Å². The lowest BCUT2D eigenvalue weighted by Crippen LogP contribution is -2.50. The molecule has 1 fully saturated rings. The molecule has 1 N–H and O–H groups in total. The summed E-state index contributed by atoms with van der Waals surface area (Å²) in [6, 6.07) is 9.51. The molecule has 2 amide bonds. The van der Waals surface area contributed by atoms with Crippen molar-refractivity contribution >= 4 is 17.5 Å². The molecular weight excluding hydrogens is 296 g/mol. The number of piperazine rings is 1. The number of anilines is 2. The molecule has 7 nitrogen and oxygen atoms in total. The fourth-order valence-electron chi connectivity index (χ4n) is 2.57. The molecule has 0 unspecified atom stereocenters. The van der Waals surface area contributed by atoms with Gasteiger partial charge in [0.05, 0.1) is 7.11 Å². The molecule has 0 atom stereocenters. The number of amides is 2. The van der Waals surface area contributed by atoms with Crippen LogP contribution in [0, 0.1) is 6.92 Å². The number of rotatable bonds is 3. The maximum absolute atomic E-state index is 12.2. The van der Waals surface area contributed by atoms with Crippen LogP contribution in [0.15, 0.2) is 34.9 Å². The smallest absolute Gasteiger partial charge is 0.323 e. The number of hydrogen-bond acceptors (Lipinski definition) is 5. The Balaban J connectivity index is 1.54. The van der Waals surface area contributed by atoms with Crippen LogP contribution in [0.5, 0.6) is 5.75 Å². The molecule has 0 spiro atoms. The van der Waals surface area contributed by atoms with Gasteiger partial charge < -0.3 is 19.1 Å². The van der Waals surface area contributed by atoms with Crippen LogP contribution in [-0.2, 0) is 0 Å². The Hall–Kier alpha value is -2.70. The van der Waals surface area contributed by atoms with Gasteiger partial charge in [0.1, 0.15) is 11.5 Å². The van der Waals surface area contributed by atoms with E-state index in [1.807, 2.05) is 24.3 Å². The van der Waals surface area contributed by atoms with E-state index in [1.54, 1.807) is 25.0 Å². The molecular formula is C16H20N4O3. The van der Waals surface area contributed by atoms with E-state index in [0.717, 1.165) is 24.5 Å². The summed E-state index contributed by atoms with van der Waals surface area (Å²) in [4.78, 5) is 16.2. The SMILES string of the molecule is COc1ccc(N2CCN(C(=O)Nc3cc(C)on3)CC2)cc1. The van der Waals surface area contributed by atoms with E-state index < -0.39 is 0 Å². The van der Waals surface area contributed by atoms with E-state index in [0.29, 0.717) is 24.7 Å². The maximum atomic E-state index is 12.2. The van der Waals surface area contributed by atoms with Crippen LogP contribution in [0.1, 0.15) is 5.76 Å². The lowest BCUT2D eigenvalue weighted by Gasteiger charge is -2.35. The highest BCUT2D eigenvalue weighted by Gasteiger charge is 2.22. The largest absolute Gasteiger partial charge is 0.497 e. The van der Waals surface area contributed by atoms with Crippen LogP contribution in [-0.4, -0.2) is 49.4 Å². The van der Waals surface area contributed by atoms with E-state index in [-0.39, 0.29) is 6.03 Å². The van der Waals surface area contributed by atoms with Gasteiger partial charge in [-0.1, -0.05) is 5.16 Å². The summed E-state index contributed by atoms with van der Waals surface area (Å²) in [5.74, 6) is 1.96. The topological polar surface area (TPSA) is 70.8 Å². The molecule has 0 bridgehead atoms. The second-order valence-corrected chi connectivity index (χ2v) is 5.43. The molecule has 3 rings (SSSR count). The average molecular weight is 316 g/mol. The predicted octanol–water partition coefficient (Wildman–Crippen LogP) is 2.35. The monoisotopic (exact) mass is 316 g/mol. The minimum absolute atomic E-state index is 0.146. The van der Waals surface area contributed by atoms with Gasteiger partial charge >= 0.3 is 6.03 Å². The third-order valence-electron chi connectivity index (χ3n) is 3.87. The Morgan fingerprint density at radius 1 is 1.22 bits per heavy atom. The number of carbonyl (C=O) groups is 1. The van der Waals surface area contributed by atoms with Gasteiger partial charge in [-0.05, 0) is 31.2 Å². The van der Waals surface area contributed by atoms with E-state index in [4.69, 9.17) is 9.26 Å². The van der Waals surface area contributed by atoms with Gasteiger partial charge in [0, 0.05) is 37.9 Å². The Labute approximate surface area is 134 Å². The molecule has 1 aromatic carbocycles. The molecule has 2 aromatic rings. The first kappa shape index (κ1) is 15.2. The van der Waals surface area contributed by atoms with Crippen LogP contribution >= 0.6 is 0 Å². The first-order valence-electron chi connectivity index (χ1n) is 7.54. The maximum Gasteiger partial charge on any atom is 0.323 e. The van der Waals surface area contributed by atoms with Crippen LogP contribution in [0.2, 0.25) is 0 Å². The van der Waals surface area contributed by atoms with Crippen molar-refractivity contribution in [3.63, 3.8) is 0 Å². The molecule has 1 aliphatic rings. The van der Waals surface area contributed by atoms with Crippen molar-refractivity contribution in [2.24, 2.45) is 0 Å². The Bertz CT molecular complexity index is 660. The van der Waals surface area contributed by atoms with Gasteiger partial charge in [0.25, 0.3) is 0 Å². The number of aryl methyl sites for hydroxylation is 1. The minimum Gasteiger partial charge on any atom is -0.497 e. The van der Waals surface area contributed by atoms with Crippen LogP contribution in [0.25, 0.3) is 0 Å². The molecule has 23 heavy (non-hydrogen) atoms. The Morgan fingerprint density at radius 2 is 1.91 bits per heavy atom. The summed E-state index contributed by atoms with van der Waals surface area (Å²) in [6.45, 7) is 4.69. The molecule has 1 saturated heterocycles. The standard InChI is InChI=1S/C16H20N4O3/c1-12-11-15(18-23-12)17-16(21)20-9-7-19(8-10-20)13-3-5-14(22-2)6-4-13/h3-6,11H,7-10H2,1-2H3,(H,17,18,21). The van der Waals surface area contributed by atoms with E-state index in [1.165, 1.54) is 0 Å². The number of nitrogens with zero attached hydrogens (tertiary/aromatic N) is 3. The van der Waals surface area contributed by atoms with Gasteiger partial charge in [0.15, 0.2) is 5.82 Å². The van der Waals surface area contributed by atoms with Crippen LogP contribution in [0.4, 0.5) is 16.3 Å². The molecule has 7 heteroatoms. The van der Waals surface area contributed by atoms with Crippen LogP contribution in [0.3, 0.4) is 0 Å². The van der Waals surface area contributed by atoms with E-state index in [9.17, 15) is 4.79 Å². The van der Waals surface area contributed by atoms with Gasteiger partial charge in [-0.2, -0.15) is 0 Å². The summed E-state index contributed by atoms with van der Waals surface area (Å²) in [7, 11) is 1.66. The zero-order chi connectivity index (χ0) is 16.2. The van der Waals surface area contributed by atoms with Crippen molar-refractivity contribution in [2.75, 3.05) is 43.5 Å². The van der Waals surface area contributed by atoms with Crippen molar-refractivity contribution in [3.05, 3.63) is 36.1 Å². The van der Waals surface area contributed by atoms with Crippen molar-refractivity contribution in [3.8, 4) is 5.75 Å². The van der Waals surface area contributed by atoms with Gasteiger partial charge in [-0.25, -0.2) is 4.79 Å². The summed E-state index contributed by atoms with van der Waals surface area (Å²) in [6.07, 6.45) is 0. The lowest BCUT2D eigenvalue weighted by molar-refractivity contribution is 0.208. The second-order valence-electron chi connectivity index (χ2n) is 5.43. The molecule has 122 valence electrons. The minimum atomic E-state index is -0.146. The number of aromatic nitrogens is 1. The first-order valence-corrected chi connectivity index (χ1v) is 7.54. The molecule has 2 heterocycles. The second kappa shape index (κ2) is 6.60. The summed E-state index contributed by atoms with van der Waals surface area (Å²) < 4.78 is 10.1. The number of methoxy groups -OCH3 is 1. The fourth-order valence-corrected chi connectivity index (χ4v) is 2.57. The summed E-state index contributed by atoms with van der Waals surface area (Å²) in [5.41, 5.74) is 1.14. The highest BCUT2D eigenvalue weighted by atomic mass is 16.5. The highest BCUT2D eigenvalue weighted by molar-refractivity contribution is 5.88. The fraction of sp³-hybridized carbons (Fsp3) is 0.375. The predicted molar refractivity (Wildman–Crippen MR) is 87.0 cm³/mol. The number of hydrogen-bond donors (Lipinski definition) is 1. The molecule has 0 saturated carbocycles. The molecule has 0 radical (unpaired) electrons. The number of ether oxygens (including phenoxy) is 1. The number of benzene rings is 1. The summed E-state index contributed by atoms with van der Waals surface area (Å²) in [5, 5.41) is 6.52. The Kier molecular flexibility index (Phi) is 4.36. The van der Waals surface area contributed by atoms with Crippen LogP contribution < -0.4 is 15.0 Å². The van der Waals surface area contributed by atoms with E-state index >= 15 is 0 Å².